The topological polar surface area (TPSA) is 92.4 Å². The highest BCUT2D eigenvalue weighted by Gasteiger charge is 2.04. The minimum Gasteiger partial charge on any atom is -0.487 e. The molecule has 0 fully saturated rings. The first kappa shape index (κ1) is 23.5. The van der Waals surface area contributed by atoms with Gasteiger partial charge in [0, 0.05) is 30.5 Å². The predicted octanol–water partition coefficient (Wildman–Crippen LogP) is 4.52. The van der Waals surface area contributed by atoms with E-state index in [-0.39, 0.29) is 18.0 Å². The van der Waals surface area contributed by atoms with Crippen molar-refractivity contribution in [3.8, 4) is 5.75 Å². The lowest BCUT2D eigenvalue weighted by molar-refractivity contribution is -0.116. The van der Waals surface area contributed by atoms with Gasteiger partial charge < -0.3 is 20.7 Å². The predicted molar refractivity (Wildman–Crippen MR) is 130 cm³/mol. The summed E-state index contributed by atoms with van der Waals surface area (Å²) < 4.78 is 5.71. The number of rotatable bonds is 9. The van der Waals surface area contributed by atoms with Crippen LogP contribution in [0.1, 0.15) is 30.7 Å². The number of amides is 3. The Morgan fingerprint density at radius 1 is 1.00 bits per heavy atom. The first-order valence-corrected chi connectivity index (χ1v) is 10.7. The van der Waals surface area contributed by atoms with Crippen LogP contribution in [0.3, 0.4) is 0 Å². The summed E-state index contributed by atoms with van der Waals surface area (Å²) in [7, 11) is 0. The minimum absolute atomic E-state index is 0.0657. The third-order valence-electron chi connectivity index (χ3n) is 4.52. The van der Waals surface area contributed by atoms with Gasteiger partial charge in [0.15, 0.2) is 0 Å². The molecule has 0 unspecified atom stereocenters. The molecule has 0 radical (unpaired) electrons. The molecule has 0 saturated carbocycles. The minimum atomic E-state index is -0.246. The summed E-state index contributed by atoms with van der Waals surface area (Å²) in [5.41, 5.74) is 3.38. The van der Waals surface area contributed by atoms with Crippen LogP contribution in [0.2, 0.25) is 0 Å². The second-order valence-electron chi connectivity index (χ2n) is 7.68. The number of nitrogens with zero attached hydrogens (tertiary/aromatic N) is 1. The molecule has 0 bridgehead atoms. The Kier molecular flexibility index (Phi) is 8.59. The quantitative estimate of drug-likeness (QED) is 0.423. The fraction of sp³-hybridized carbons (Fsp3) is 0.192. The van der Waals surface area contributed by atoms with Crippen LogP contribution in [0.15, 0.2) is 79.0 Å². The van der Waals surface area contributed by atoms with Gasteiger partial charge >= 0.3 is 6.03 Å². The van der Waals surface area contributed by atoms with E-state index in [9.17, 15) is 9.59 Å². The molecule has 33 heavy (non-hydrogen) atoms. The molecular formula is C26H28N4O3. The van der Waals surface area contributed by atoms with Crippen LogP contribution in [0.25, 0.3) is 6.08 Å². The van der Waals surface area contributed by atoms with Gasteiger partial charge in [-0.25, -0.2) is 4.79 Å². The van der Waals surface area contributed by atoms with Crippen LogP contribution in [0, 0.1) is 0 Å². The number of carbonyl (C=O) groups is 2. The summed E-state index contributed by atoms with van der Waals surface area (Å²) in [5, 5.41) is 8.38. The SMILES string of the molecule is CC(C)NC(=O)Nc1ccc(CNC(=O)C=Cc2ccc(OCc3ccccn3)cc2)cc1. The van der Waals surface area contributed by atoms with E-state index in [1.807, 2.05) is 68.4 Å². The van der Waals surface area contributed by atoms with Crippen LogP contribution in [-0.4, -0.2) is 23.0 Å². The molecular weight excluding hydrogens is 416 g/mol. The Labute approximate surface area is 193 Å². The average molecular weight is 445 g/mol. The number of hydrogen-bond donors (Lipinski definition) is 3. The van der Waals surface area contributed by atoms with E-state index in [1.165, 1.54) is 6.08 Å². The molecule has 1 aromatic heterocycles. The molecule has 3 aromatic rings. The van der Waals surface area contributed by atoms with Gasteiger partial charge in [-0.1, -0.05) is 30.3 Å². The summed E-state index contributed by atoms with van der Waals surface area (Å²) in [4.78, 5) is 28.1. The van der Waals surface area contributed by atoms with E-state index in [4.69, 9.17) is 4.74 Å². The van der Waals surface area contributed by atoms with E-state index in [2.05, 4.69) is 20.9 Å². The lowest BCUT2D eigenvalue weighted by Gasteiger charge is -2.10. The monoisotopic (exact) mass is 444 g/mol. The van der Waals surface area contributed by atoms with Gasteiger partial charge in [-0.05, 0) is 67.4 Å². The van der Waals surface area contributed by atoms with Crippen molar-refractivity contribution in [1.82, 2.24) is 15.6 Å². The maximum Gasteiger partial charge on any atom is 0.319 e. The lowest BCUT2D eigenvalue weighted by Crippen LogP contribution is -2.34. The van der Waals surface area contributed by atoms with Gasteiger partial charge in [-0.3, -0.25) is 9.78 Å². The first-order valence-electron chi connectivity index (χ1n) is 10.7. The van der Waals surface area contributed by atoms with Gasteiger partial charge in [0.1, 0.15) is 12.4 Å². The number of urea groups is 1. The first-order chi connectivity index (χ1) is 16.0. The van der Waals surface area contributed by atoms with Crippen molar-refractivity contribution < 1.29 is 14.3 Å². The highest BCUT2D eigenvalue weighted by molar-refractivity contribution is 5.91. The Morgan fingerprint density at radius 2 is 1.76 bits per heavy atom. The standard InChI is InChI=1S/C26H28N4O3/c1-19(2)29-26(32)30-22-11-6-21(7-12-22)17-28-25(31)15-10-20-8-13-24(14-9-20)33-18-23-5-3-4-16-27-23/h3-16,19H,17-18H2,1-2H3,(H,28,31)(H2,29,30,32). The van der Waals surface area contributed by atoms with Gasteiger partial charge in [-0.2, -0.15) is 0 Å². The van der Waals surface area contributed by atoms with Crippen molar-refractivity contribution in [2.45, 2.75) is 33.0 Å². The number of ether oxygens (including phenoxy) is 1. The molecule has 7 heteroatoms. The molecule has 1 heterocycles. The van der Waals surface area contributed by atoms with E-state index >= 15 is 0 Å². The van der Waals surface area contributed by atoms with Crippen molar-refractivity contribution in [1.29, 1.82) is 0 Å². The molecule has 0 aliphatic heterocycles. The molecule has 0 aliphatic rings. The smallest absolute Gasteiger partial charge is 0.319 e. The molecule has 3 N–H and O–H groups in total. The zero-order valence-electron chi connectivity index (χ0n) is 18.7. The normalized spacial score (nSPS) is 10.8. The van der Waals surface area contributed by atoms with Crippen molar-refractivity contribution in [2.24, 2.45) is 0 Å². The fourth-order valence-corrected chi connectivity index (χ4v) is 2.87. The lowest BCUT2D eigenvalue weighted by atomic mass is 10.2. The molecule has 2 aromatic carbocycles. The Morgan fingerprint density at radius 3 is 2.42 bits per heavy atom. The van der Waals surface area contributed by atoms with E-state index in [0.717, 1.165) is 22.6 Å². The number of benzene rings is 2. The maximum atomic E-state index is 12.1. The summed E-state index contributed by atoms with van der Waals surface area (Å²) in [6, 6.07) is 20.3. The van der Waals surface area contributed by atoms with Crippen LogP contribution < -0.4 is 20.7 Å². The second kappa shape index (κ2) is 12.0. The van der Waals surface area contributed by atoms with Gasteiger partial charge in [0.2, 0.25) is 5.91 Å². The number of aromatic nitrogens is 1. The molecule has 0 spiro atoms. The molecule has 3 rings (SSSR count). The Balaban J connectivity index is 1.42. The van der Waals surface area contributed by atoms with Crippen molar-refractivity contribution in [2.75, 3.05) is 5.32 Å². The highest BCUT2D eigenvalue weighted by atomic mass is 16.5. The number of hydrogen-bond acceptors (Lipinski definition) is 4. The van der Waals surface area contributed by atoms with Crippen molar-refractivity contribution in [3.05, 3.63) is 95.8 Å². The molecule has 7 nitrogen and oxygen atoms in total. The van der Waals surface area contributed by atoms with Gasteiger partial charge in [-0.15, -0.1) is 0 Å². The summed E-state index contributed by atoms with van der Waals surface area (Å²) in [6.45, 7) is 4.59. The Hall–Kier alpha value is -4.13. The number of anilines is 1. The zero-order valence-corrected chi connectivity index (χ0v) is 18.7. The van der Waals surface area contributed by atoms with Crippen LogP contribution >= 0.6 is 0 Å². The third kappa shape index (κ3) is 8.49. The van der Waals surface area contributed by atoms with E-state index in [0.29, 0.717) is 18.8 Å². The van der Waals surface area contributed by atoms with E-state index in [1.54, 1.807) is 24.4 Å². The van der Waals surface area contributed by atoms with Gasteiger partial charge in [0.05, 0.1) is 5.69 Å². The fourth-order valence-electron chi connectivity index (χ4n) is 2.87. The van der Waals surface area contributed by atoms with Crippen LogP contribution in [-0.2, 0) is 17.9 Å². The summed E-state index contributed by atoms with van der Waals surface area (Å²) in [5.74, 6) is 0.547. The third-order valence-corrected chi connectivity index (χ3v) is 4.52. The maximum absolute atomic E-state index is 12.1. The van der Waals surface area contributed by atoms with Gasteiger partial charge in [0.25, 0.3) is 0 Å². The molecule has 3 amide bonds. The molecule has 170 valence electrons. The molecule has 0 atom stereocenters. The zero-order chi connectivity index (χ0) is 23.5. The van der Waals surface area contributed by atoms with Crippen LogP contribution in [0.5, 0.6) is 5.75 Å². The Bertz CT molecular complexity index is 1060. The van der Waals surface area contributed by atoms with E-state index < -0.39 is 0 Å². The second-order valence-corrected chi connectivity index (χ2v) is 7.68. The summed E-state index contributed by atoms with van der Waals surface area (Å²) >= 11 is 0. The number of carbonyl (C=O) groups excluding carboxylic acids is 2. The number of pyridine rings is 1. The summed E-state index contributed by atoms with van der Waals surface area (Å²) in [6.07, 6.45) is 4.98. The van der Waals surface area contributed by atoms with Crippen LogP contribution in [0.4, 0.5) is 10.5 Å². The van der Waals surface area contributed by atoms with Crippen molar-refractivity contribution >= 4 is 23.7 Å². The molecule has 0 saturated heterocycles. The number of nitrogens with one attached hydrogen (secondary N) is 3. The molecule has 0 aliphatic carbocycles. The van der Waals surface area contributed by atoms with Crippen molar-refractivity contribution in [3.63, 3.8) is 0 Å². The largest absolute Gasteiger partial charge is 0.487 e. The highest BCUT2D eigenvalue weighted by Crippen LogP contribution is 2.15. The average Bonchev–Trinajstić information content (AvgIpc) is 2.82.